The first-order chi connectivity index (χ1) is 10.1. The van der Waals surface area contributed by atoms with Gasteiger partial charge in [-0.15, -0.1) is 0 Å². The topological polar surface area (TPSA) is 49.9 Å². The van der Waals surface area contributed by atoms with Gasteiger partial charge in [-0.25, -0.2) is 13.6 Å². The Morgan fingerprint density at radius 2 is 2.00 bits per heavy atom. The van der Waals surface area contributed by atoms with Crippen molar-refractivity contribution in [2.24, 2.45) is 5.92 Å². The number of amides is 2. The smallest absolute Gasteiger partial charge is 0.410 e. The summed E-state index contributed by atoms with van der Waals surface area (Å²) in [5, 5.41) is 0. The van der Waals surface area contributed by atoms with E-state index >= 15 is 0 Å². The first-order valence-electron chi connectivity index (χ1n) is 7.69. The van der Waals surface area contributed by atoms with Crippen molar-refractivity contribution in [3.63, 3.8) is 0 Å². The van der Waals surface area contributed by atoms with E-state index in [9.17, 15) is 18.4 Å². The van der Waals surface area contributed by atoms with Gasteiger partial charge in [0, 0.05) is 19.6 Å². The Bertz CT molecular complexity index is 397. The van der Waals surface area contributed by atoms with Crippen LogP contribution >= 0.6 is 0 Å². The molecule has 0 aliphatic carbocycles. The molecule has 0 N–H and O–H groups in total. The normalized spacial score (nSPS) is 18.7. The first-order valence-corrected chi connectivity index (χ1v) is 7.69. The zero-order chi connectivity index (χ0) is 16.9. The van der Waals surface area contributed by atoms with Crippen molar-refractivity contribution in [3.05, 3.63) is 0 Å². The summed E-state index contributed by atoms with van der Waals surface area (Å²) in [6.45, 7) is 7.58. The van der Waals surface area contributed by atoms with E-state index in [1.807, 2.05) is 6.92 Å². The number of carbonyl (C=O) groups is 2. The third kappa shape index (κ3) is 5.77. The van der Waals surface area contributed by atoms with Crippen LogP contribution in [0.25, 0.3) is 0 Å². The van der Waals surface area contributed by atoms with Gasteiger partial charge in [0.25, 0.3) is 6.43 Å². The number of ether oxygens (including phenoxy) is 1. The largest absolute Gasteiger partial charge is 0.444 e. The highest BCUT2D eigenvalue weighted by atomic mass is 19.3. The number of hydrogen-bond donors (Lipinski definition) is 0. The molecule has 1 saturated heterocycles. The monoisotopic (exact) mass is 320 g/mol. The van der Waals surface area contributed by atoms with Crippen LogP contribution in [0.4, 0.5) is 13.6 Å². The first kappa shape index (κ1) is 18.6. The summed E-state index contributed by atoms with van der Waals surface area (Å²) in [6.07, 6.45) is -1.89. The van der Waals surface area contributed by atoms with E-state index in [0.29, 0.717) is 25.9 Å². The summed E-state index contributed by atoms with van der Waals surface area (Å²) in [5.74, 6) is -0.717. The summed E-state index contributed by atoms with van der Waals surface area (Å²) >= 11 is 0. The number of nitrogens with zero attached hydrogens (tertiary/aromatic N) is 2. The molecule has 0 spiro atoms. The van der Waals surface area contributed by atoms with E-state index in [1.54, 1.807) is 20.8 Å². The van der Waals surface area contributed by atoms with Crippen molar-refractivity contribution in [3.8, 4) is 0 Å². The summed E-state index contributed by atoms with van der Waals surface area (Å²) in [7, 11) is 0. The quantitative estimate of drug-likeness (QED) is 0.782. The number of carbonyl (C=O) groups excluding carboxylic acids is 2. The van der Waals surface area contributed by atoms with E-state index in [4.69, 9.17) is 4.74 Å². The third-order valence-corrected chi connectivity index (χ3v) is 3.35. The van der Waals surface area contributed by atoms with Gasteiger partial charge in [-0.3, -0.25) is 4.79 Å². The fourth-order valence-electron chi connectivity index (χ4n) is 2.44. The molecule has 5 nitrogen and oxygen atoms in total. The van der Waals surface area contributed by atoms with Crippen molar-refractivity contribution in [1.29, 1.82) is 0 Å². The standard InChI is InChI=1S/C15H26F2N2O3/c1-5-7-18(10-12(16)17)13(20)11-6-8-19(9-11)14(21)22-15(2,3)4/h11-12H,5-10H2,1-4H3. The molecule has 7 heteroatoms. The number of likely N-dealkylation sites (tertiary alicyclic amines) is 1. The van der Waals surface area contributed by atoms with Crippen molar-refractivity contribution >= 4 is 12.0 Å². The SMILES string of the molecule is CCCN(CC(F)F)C(=O)C1CCN(C(=O)OC(C)(C)C)C1. The number of hydrogen-bond acceptors (Lipinski definition) is 3. The lowest BCUT2D eigenvalue weighted by atomic mass is 10.1. The average molecular weight is 320 g/mol. The molecule has 1 fully saturated rings. The molecular weight excluding hydrogens is 294 g/mol. The third-order valence-electron chi connectivity index (χ3n) is 3.35. The molecule has 1 heterocycles. The molecule has 0 aromatic heterocycles. The molecule has 1 aliphatic heterocycles. The van der Waals surface area contributed by atoms with Crippen LogP contribution in [0.1, 0.15) is 40.5 Å². The highest BCUT2D eigenvalue weighted by Gasteiger charge is 2.35. The van der Waals surface area contributed by atoms with E-state index in [1.165, 1.54) is 9.80 Å². The van der Waals surface area contributed by atoms with Gasteiger partial charge in [0.05, 0.1) is 12.5 Å². The van der Waals surface area contributed by atoms with Gasteiger partial charge < -0.3 is 14.5 Å². The Morgan fingerprint density at radius 1 is 1.36 bits per heavy atom. The van der Waals surface area contributed by atoms with Crippen LogP contribution in [0.2, 0.25) is 0 Å². The van der Waals surface area contributed by atoms with Crippen LogP contribution in [0.15, 0.2) is 0 Å². The predicted molar refractivity (Wildman–Crippen MR) is 78.8 cm³/mol. The average Bonchev–Trinajstić information content (AvgIpc) is 2.84. The second kappa shape index (κ2) is 7.74. The van der Waals surface area contributed by atoms with Crippen molar-refractivity contribution in [2.45, 2.75) is 52.6 Å². The van der Waals surface area contributed by atoms with Crippen molar-refractivity contribution < 1.29 is 23.1 Å². The molecule has 0 radical (unpaired) electrons. The molecule has 128 valence electrons. The van der Waals surface area contributed by atoms with Gasteiger partial charge in [-0.05, 0) is 33.6 Å². The van der Waals surface area contributed by atoms with E-state index in [0.717, 1.165) is 0 Å². The molecule has 1 aliphatic rings. The molecule has 0 bridgehead atoms. The zero-order valence-corrected chi connectivity index (χ0v) is 13.8. The van der Waals surface area contributed by atoms with Gasteiger partial charge in [-0.1, -0.05) is 6.92 Å². The van der Waals surface area contributed by atoms with Gasteiger partial charge in [0.15, 0.2) is 0 Å². The number of rotatable bonds is 5. The van der Waals surface area contributed by atoms with E-state index in [2.05, 4.69) is 0 Å². The van der Waals surface area contributed by atoms with Crippen LogP contribution in [0, 0.1) is 5.92 Å². The summed E-state index contributed by atoms with van der Waals surface area (Å²) in [4.78, 5) is 27.0. The second-order valence-electron chi connectivity index (χ2n) is 6.59. The van der Waals surface area contributed by atoms with E-state index in [-0.39, 0.29) is 12.5 Å². The lowest BCUT2D eigenvalue weighted by Gasteiger charge is -2.26. The Balaban J connectivity index is 2.60. The lowest BCUT2D eigenvalue weighted by molar-refractivity contribution is -0.137. The van der Waals surface area contributed by atoms with Crippen molar-refractivity contribution in [2.75, 3.05) is 26.2 Å². The summed E-state index contributed by atoms with van der Waals surface area (Å²) < 4.78 is 30.4. The minimum atomic E-state index is -2.54. The van der Waals surface area contributed by atoms with Gasteiger partial charge >= 0.3 is 6.09 Å². The molecular formula is C15H26F2N2O3. The van der Waals surface area contributed by atoms with Crippen LogP contribution in [0.3, 0.4) is 0 Å². The molecule has 0 aromatic rings. The van der Waals surface area contributed by atoms with Gasteiger partial charge in [0.1, 0.15) is 5.60 Å². The lowest BCUT2D eigenvalue weighted by Crippen LogP contribution is -2.41. The van der Waals surface area contributed by atoms with Gasteiger partial charge in [0.2, 0.25) is 5.91 Å². The fraction of sp³-hybridized carbons (Fsp3) is 0.867. The Hall–Kier alpha value is -1.40. The maximum absolute atomic E-state index is 12.6. The molecule has 1 rings (SSSR count). The van der Waals surface area contributed by atoms with Crippen LogP contribution < -0.4 is 0 Å². The van der Waals surface area contributed by atoms with Crippen LogP contribution in [0.5, 0.6) is 0 Å². The van der Waals surface area contributed by atoms with Gasteiger partial charge in [-0.2, -0.15) is 0 Å². The molecule has 22 heavy (non-hydrogen) atoms. The number of alkyl halides is 2. The minimum Gasteiger partial charge on any atom is -0.444 e. The van der Waals surface area contributed by atoms with Crippen LogP contribution in [-0.2, 0) is 9.53 Å². The van der Waals surface area contributed by atoms with Crippen molar-refractivity contribution in [1.82, 2.24) is 9.80 Å². The Morgan fingerprint density at radius 3 is 2.50 bits per heavy atom. The highest BCUT2D eigenvalue weighted by Crippen LogP contribution is 2.22. The molecule has 1 atom stereocenters. The Kier molecular flexibility index (Phi) is 6.56. The zero-order valence-electron chi connectivity index (χ0n) is 13.8. The van der Waals surface area contributed by atoms with Crippen LogP contribution in [-0.4, -0.2) is 60.0 Å². The van der Waals surface area contributed by atoms with E-state index < -0.39 is 30.6 Å². The minimum absolute atomic E-state index is 0.233. The molecule has 0 saturated carbocycles. The summed E-state index contributed by atoms with van der Waals surface area (Å²) in [5.41, 5.74) is -0.594. The predicted octanol–water partition coefficient (Wildman–Crippen LogP) is 2.75. The Labute approximate surface area is 130 Å². The molecule has 2 amide bonds. The maximum Gasteiger partial charge on any atom is 0.410 e. The molecule has 0 aromatic carbocycles. The highest BCUT2D eigenvalue weighted by molar-refractivity contribution is 5.80. The second-order valence-corrected chi connectivity index (χ2v) is 6.59. The summed E-state index contributed by atoms with van der Waals surface area (Å²) in [6, 6.07) is 0. The molecule has 1 unspecified atom stereocenters. The fourth-order valence-corrected chi connectivity index (χ4v) is 2.44. The maximum atomic E-state index is 12.6. The number of halogens is 2.